The van der Waals surface area contributed by atoms with Crippen molar-refractivity contribution in [2.75, 3.05) is 14.7 Å². The Morgan fingerprint density at radius 1 is 0.337 bits per heavy atom. The van der Waals surface area contributed by atoms with E-state index in [2.05, 4.69) is 341 Å². The van der Waals surface area contributed by atoms with E-state index in [-0.39, 0.29) is 27.1 Å². The highest BCUT2D eigenvalue weighted by atomic mass is 35.5. The van der Waals surface area contributed by atoms with Crippen molar-refractivity contribution in [1.82, 2.24) is 4.57 Å². The van der Waals surface area contributed by atoms with Gasteiger partial charge in [0.25, 0.3) is 0 Å². The zero-order valence-electron chi connectivity index (χ0n) is 54.3. The van der Waals surface area contributed by atoms with Crippen molar-refractivity contribution in [1.29, 1.82) is 0 Å². The zero-order valence-corrected chi connectivity index (χ0v) is 55.8. The molecule has 0 unspecified atom stereocenters. The molecule has 10 aromatic carbocycles. The van der Waals surface area contributed by atoms with E-state index in [1.807, 2.05) is 0 Å². The van der Waals surface area contributed by atoms with E-state index in [1.54, 1.807) is 11.3 Å². The third-order valence-electron chi connectivity index (χ3n) is 17.9. The summed E-state index contributed by atoms with van der Waals surface area (Å²) < 4.78 is 10.9. The predicted molar refractivity (Wildman–Crippen MR) is 386 cm³/mol. The van der Waals surface area contributed by atoms with Crippen molar-refractivity contribution in [3.8, 4) is 5.69 Å². The van der Waals surface area contributed by atoms with Crippen LogP contribution in [0.25, 0.3) is 59.5 Å². The lowest BCUT2D eigenvalue weighted by Crippen LogP contribution is -2.18. The van der Waals surface area contributed by atoms with Crippen molar-refractivity contribution in [3.05, 3.63) is 251 Å². The normalized spacial score (nSPS) is 12.7. The van der Waals surface area contributed by atoms with Crippen LogP contribution in [0.15, 0.2) is 222 Å². The number of nitrogens with zero attached hydrogens (tertiary/aromatic N) is 4. The molecule has 0 bridgehead atoms. The molecule has 5 nitrogen and oxygen atoms in total. The van der Waals surface area contributed by atoms with Gasteiger partial charge in [-0.15, -0.1) is 11.3 Å². The Balaban J connectivity index is 1.17. The molecule has 3 heterocycles. The average molecular weight is 1210 g/mol. The number of aromatic nitrogens is 1. The minimum atomic E-state index is -0.101. The Hall–Kier alpha value is -8.55. The summed E-state index contributed by atoms with van der Waals surface area (Å²) in [6, 6.07) is 78.5. The van der Waals surface area contributed by atoms with Gasteiger partial charge in [-0.2, -0.15) is 0 Å². The van der Waals surface area contributed by atoms with E-state index in [1.165, 1.54) is 48.7 Å². The first-order valence-electron chi connectivity index (χ1n) is 31.3. The quantitative estimate of drug-likeness (QED) is 0.136. The third kappa shape index (κ3) is 11.0. The van der Waals surface area contributed by atoms with E-state index in [0.29, 0.717) is 5.02 Å². The topological polar surface area (TPSA) is 27.8 Å². The highest BCUT2D eigenvalue weighted by Crippen LogP contribution is 2.54. The molecule has 0 fully saturated rings. The van der Waals surface area contributed by atoms with Gasteiger partial charge in [-0.25, -0.2) is 0 Å². The monoisotopic (exact) mass is 1200 g/mol. The Labute approximate surface area is 535 Å². The summed E-state index contributed by atoms with van der Waals surface area (Å²) in [7, 11) is 0. The molecule has 0 atom stereocenters. The van der Waals surface area contributed by atoms with Crippen molar-refractivity contribution in [3.63, 3.8) is 0 Å². The average Bonchev–Trinajstić information content (AvgIpc) is 1.64. The Kier molecular flexibility index (Phi) is 14.6. The fraction of sp³-hybridized carbons (Fsp3) is 0.244. The van der Waals surface area contributed by atoms with E-state index in [4.69, 9.17) is 16.0 Å². The molecular formula is C82H81ClN4OS. The molecule has 0 saturated carbocycles. The van der Waals surface area contributed by atoms with Gasteiger partial charge >= 0.3 is 0 Å². The van der Waals surface area contributed by atoms with Crippen molar-refractivity contribution in [2.24, 2.45) is 0 Å². The van der Waals surface area contributed by atoms with Gasteiger partial charge in [-0.05, 0) is 164 Å². The number of thiophene rings is 1. The van der Waals surface area contributed by atoms with E-state index >= 15 is 0 Å². The Bertz CT molecular complexity index is 4690. The van der Waals surface area contributed by atoms with Gasteiger partial charge in [-0.3, -0.25) is 0 Å². The van der Waals surface area contributed by atoms with Gasteiger partial charge in [0.1, 0.15) is 11.2 Å². The van der Waals surface area contributed by atoms with Crippen molar-refractivity contribution < 1.29 is 4.42 Å². The van der Waals surface area contributed by atoms with E-state index < -0.39 is 0 Å². The van der Waals surface area contributed by atoms with Crippen LogP contribution in [0.5, 0.6) is 0 Å². The summed E-state index contributed by atoms with van der Waals surface area (Å²) in [5.74, 6) is 0. The molecule has 3 aromatic heterocycles. The highest BCUT2D eigenvalue weighted by Gasteiger charge is 2.31. The molecule has 0 aliphatic rings. The molecule has 0 N–H and O–H groups in total. The summed E-state index contributed by atoms with van der Waals surface area (Å²) in [5.41, 5.74) is 19.2. The first-order valence-corrected chi connectivity index (χ1v) is 32.6. The third-order valence-corrected chi connectivity index (χ3v) is 19.2. The molecule has 7 heteroatoms. The van der Waals surface area contributed by atoms with Crippen LogP contribution in [0, 0.1) is 0 Å². The fourth-order valence-corrected chi connectivity index (χ4v) is 13.9. The van der Waals surface area contributed by atoms with Crippen molar-refractivity contribution in [2.45, 2.75) is 131 Å². The number of furan rings is 1. The van der Waals surface area contributed by atoms with Crippen molar-refractivity contribution >= 4 is 128 Å². The van der Waals surface area contributed by atoms with Gasteiger partial charge in [0.15, 0.2) is 0 Å². The van der Waals surface area contributed by atoms with Gasteiger partial charge < -0.3 is 23.7 Å². The molecular weight excluding hydrogens is 1120 g/mol. The van der Waals surface area contributed by atoms with E-state index in [0.717, 1.165) is 89.8 Å². The SMILES string of the molecule is CC(C)(C)c1ccc(N(c2cc(-n3c4ccc(C(C)(C)C)cc4c4cc(C(C)(C)C)ccc43)c3c(c2)oc2ccccc23)c2cc(N(c3ccccc3)c3ccccc3)cc(N(c3ccc(C(C)(C)C)cc3)c3csc4ccc(C(C)(C)C)cc34)c2Cl)cc1. The minimum absolute atomic E-state index is 0.0660. The van der Waals surface area contributed by atoms with Crippen LogP contribution in [0.2, 0.25) is 5.02 Å². The van der Waals surface area contributed by atoms with Crippen LogP contribution in [-0.2, 0) is 27.1 Å². The smallest absolute Gasteiger partial charge is 0.139 e. The molecule has 0 aliphatic carbocycles. The summed E-state index contributed by atoms with van der Waals surface area (Å²) in [6.45, 7) is 34.4. The van der Waals surface area contributed by atoms with Crippen LogP contribution in [0.3, 0.4) is 0 Å². The summed E-state index contributed by atoms with van der Waals surface area (Å²) in [5, 5.41) is 8.57. The maximum absolute atomic E-state index is 8.65. The number of halogens is 1. The minimum Gasteiger partial charge on any atom is -0.456 e. The predicted octanol–water partition coefficient (Wildman–Crippen LogP) is 25.4. The number of hydrogen-bond donors (Lipinski definition) is 0. The molecule has 0 radical (unpaired) electrons. The highest BCUT2D eigenvalue weighted by molar-refractivity contribution is 7.17. The van der Waals surface area contributed by atoms with Crippen LogP contribution in [-0.4, -0.2) is 4.57 Å². The molecule has 0 amide bonds. The van der Waals surface area contributed by atoms with Gasteiger partial charge in [-0.1, -0.05) is 213 Å². The number of para-hydroxylation sites is 3. The first kappa shape index (κ1) is 59.4. The molecule has 0 saturated heterocycles. The zero-order chi connectivity index (χ0) is 62.7. The second kappa shape index (κ2) is 21.9. The lowest BCUT2D eigenvalue weighted by molar-refractivity contribution is 0.590. The number of anilines is 9. The fourth-order valence-electron chi connectivity index (χ4n) is 12.7. The van der Waals surface area contributed by atoms with Crippen LogP contribution in [0.4, 0.5) is 51.2 Å². The maximum Gasteiger partial charge on any atom is 0.139 e. The number of benzene rings is 10. The number of fused-ring (bicyclic) bond motifs is 7. The van der Waals surface area contributed by atoms with Gasteiger partial charge in [0, 0.05) is 60.4 Å². The van der Waals surface area contributed by atoms with Crippen LogP contribution < -0.4 is 14.7 Å². The molecule has 448 valence electrons. The van der Waals surface area contributed by atoms with Gasteiger partial charge in [0.05, 0.1) is 55.6 Å². The lowest BCUT2D eigenvalue weighted by atomic mass is 9.85. The summed E-state index contributed by atoms with van der Waals surface area (Å²) >= 11 is 10.4. The molecule has 0 aliphatic heterocycles. The van der Waals surface area contributed by atoms with Gasteiger partial charge in [0.2, 0.25) is 0 Å². The standard InChI is InChI=1S/C82H81ClN4OS/c1-78(2,3)52-30-37-59(38-31-52)85(62-47-69(76-63-28-22-23-29-73(63)88-74(76)50-62)87-67-41-34-54(80(7,8)9)44-64(67)65-45-55(81(10,11)12)35-42-68(65)87)70-48-61(84(57-24-18-16-19-25-57)58-26-20-17-21-27-58)49-71(77(70)83)86(60-39-32-53(33-40-60)79(4,5)6)72-51-89-75-43-36-56(46-66(72)75)82(13,14)15/h16-51H,1-15H3. The molecule has 13 rings (SSSR count). The number of rotatable bonds is 10. The molecule has 0 spiro atoms. The summed E-state index contributed by atoms with van der Waals surface area (Å²) in [4.78, 5) is 7.14. The molecule has 13 aromatic rings. The number of hydrogen-bond acceptors (Lipinski definition) is 5. The van der Waals surface area contributed by atoms with E-state index in [9.17, 15) is 0 Å². The maximum atomic E-state index is 8.65. The second-order valence-corrected chi connectivity index (χ2v) is 30.7. The molecule has 89 heavy (non-hydrogen) atoms. The Morgan fingerprint density at radius 2 is 0.753 bits per heavy atom. The van der Waals surface area contributed by atoms with Crippen LogP contribution in [0.1, 0.15) is 132 Å². The largest absolute Gasteiger partial charge is 0.456 e. The van der Waals surface area contributed by atoms with Crippen LogP contribution >= 0.6 is 22.9 Å². The first-order chi connectivity index (χ1) is 42.2. The second-order valence-electron chi connectivity index (χ2n) is 29.4. The summed E-state index contributed by atoms with van der Waals surface area (Å²) in [6.07, 6.45) is 0. The lowest BCUT2D eigenvalue weighted by Gasteiger charge is -2.34. The Morgan fingerprint density at radius 3 is 1.26 bits per heavy atom.